The van der Waals surface area contributed by atoms with Crippen LogP contribution in [0.3, 0.4) is 0 Å². The van der Waals surface area contributed by atoms with Crippen molar-refractivity contribution in [3.8, 4) is 0 Å². The van der Waals surface area contributed by atoms with Crippen molar-refractivity contribution < 1.29 is 0 Å². The highest BCUT2D eigenvalue weighted by molar-refractivity contribution is 7.99. The van der Waals surface area contributed by atoms with E-state index in [-0.39, 0.29) is 0 Å². The van der Waals surface area contributed by atoms with Crippen molar-refractivity contribution in [2.45, 2.75) is 69.3 Å². The van der Waals surface area contributed by atoms with Crippen LogP contribution in [-0.2, 0) is 0 Å². The first-order valence-corrected chi connectivity index (χ1v) is 8.57. The average molecular weight is 256 g/mol. The van der Waals surface area contributed by atoms with Crippen LogP contribution >= 0.6 is 11.8 Å². The van der Waals surface area contributed by atoms with Gasteiger partial charge in [0.05, 0.1) is 0 Å². The van der Waals surface area contributed by atoms with Gasteiger partial charge >= 0.3 is 0 Å². The van der Waals surface area contributed by atoms with Crippen LogP contribution in [0.1, 0.15) is 46.0 Å². The molecular formula is C14H28N2S. The van der Waals surface area contributed by atoms with E-state index in [1.54, 1.807) is 0 Å². The van der Waals surface area contributed by atoms with Crippen molar-refractivity contribution in [2.24, 2.45) is 0 Å². The predicted molar refractivity (Wildman–Crippen MR) is 77.8 cm³/mol. The summed E-state index contributed by atoms with van der Waals surface area (Å²) in [6, 6.07) is 2.27. The van der Waals surface area contributed by atoms with Gasteiger partial charge in [-0.2, -0.15) is 11.8 Å². The maximum atomic E-state index is 3.67. The van der Waals surface area contributed by atoms with Gasteiger partial charge in [0, 0.05) is 36.5 Å². The first kappa shape index (κ1) is 13.7. The third-order valence-electron chi connectivity index (χ3n) is 4.59. The van der Waals surface area contributed by atoms with E-state index in [1.165, 1.54) is 45.2 Å². The summed E-state index contributed by atoms with van der Waals surface area (Å²) in [6.07, 6.45) is 9.30. The van der Waals surface area contributed by atoms with Gasteiger partial charge in [-0.25, -0.2) is 0 Å². The molecule has 2 rings (SSSR count). The second-order valence-corrected chi connectivity index (χ2v) is 6.76. The molecule has 1 saturated heterocycles. The molecule has 0 aromatic carbocycles. The summed E-state index contributed by atoms with van der Waals surface area (Å²) in [5.74, 6) is 0. The smallest absolute Gasteiger partial charge is 0.0218 e. The lowest BCUT2D eigenvalue weighted by Gasteiger charge is -2.47. The minimum atomic E-state index is 0.718. The van der Waals surface area contributed by atoms with Gasteiger partial charge in [0.15, 0.2) is 0 Å². The number of nitrogens with one attached hydrogen (secondary N) is 1. The summed E-state index contributed by atoms with van der Waals surface area (Å²) < 4.78 is 0. The van der Waals surface area contributed by atoms with Gasteiger partial charge < -0.3 is 5.32 Å². The van der Waals surface area contributed by atoms with Crippen LogP contribution in [0, 0.1) is 0 Å². The fraction of sp³-hybridized carbons (Fsp3) is 1.00. The van der Waals surface area contributed by atoms with Crippen LogP contribution in [0.4, 0.5) is 0 Å². The summed E-state index contributed by atoms with van der Waals surface area (Å²) in [7, 11) is 0. The Kier molecular flexibility index (Phi) is 5.19. The molecule has 2 nitrogen and oxygen atoms in total. The van der Waals surface area contributed by atoms with Crippen molar-refractivity contribution in [1.29, 1.82) is 0 Å². The van der Waals surface area contributed by atoms with Gasteiger partial charge in [-0.15, -0.1) is 0 Å². The molecule has 1 saturated carbocycles. The fourth-order valence-corrected chi connectivity index (χ4v) is 4.43. The SMILES string of the molecule is CCC1CN(C2CCCCC2SC)C(C)CN1. The maximum Gasteiger partial charge on any atom is 0.0218 e. The van der Waals surface area contributed by atoms with Gasteiger partial charge in [0.1, 0.15) is 0 Å². The van der Waals surface area contributed by atoms with E-state index < -0.39 is 0 Å². The molecule has 4 atom stereocenters. The molecule has 1 aliphatic carbocycles. The second kappa shape index (κ2) is 6.44. The topological polar surface area (TPSA) is 15.3 Å². The van der Waals surface area contributed by atoms with Crippen molar-refractivity contribution in [3.05, 3.63) is 0 Å². The Morgan fingerprint density at radius 1 is 1.29 bits per heavy atom. The summed E-state index contributed by atoms with van der Waals surface area (Å²) in [5.41, 5.74) is 0. The summed E-state index contributed by atoms with van der Waals surface area (Å²) >= 11 is 2.10. The first-order valence-electron chi connectivity index (χ1n) is 7.28. The van der Waals surface area contributed by atoms with E-state index in [4.69, 9.17) is 0 Å². The number of hydrogen-bond acceptors (Lipinski definition) is 3. The Morgan fingerprint density at radius 2 is 2.06 bits per heavy atom. The van der Waals surface area contributed by atoms with Gasteiger partial charge in [-0.1, -0.05) is 19.8 Å². The number of thioether (sulfide) groups is 1. The quantitative estimate of drug-likeness (QED) is 0.836. The van der Waals surface area contributed by atoms with Crippen molar-refractivity contribution in [1.82, 2.24) is 10.2 Å². The molecule has 2 fully saturated rings. The molecule has 1 N–H and O–H groups in total. The molecule has 1 aliphatic heterocycles. The highest BCUT2D eigenvalue weighted by atomic mass is 32.2. The Hall–Kier alpha value is 0.270. The molecule has 4 unspecified atom stereocenters. The molecular weight excluding hydrogens is 228 g/mol. The Morgan fingerprint density at radius 3 is 2.76 bits per heavy atom. The maximum absolute atomic E-state index is 3.67. The lowest BCUT2D eigenvalue weighted by molar-refractivity contribution is 0.0727. The highest BCUT2D eigenvalue weighted by Gasteiger charge is 2.35. The van der Waals surface area contributed by atoms with E-state index in [2.05, 4.69) is 42.1 Å². The zero-order valence-electron chi connectivity index (χ0n) is 11.6. The summed E-state index contributed by atoms with van der Waals surface area (Å²) in [5, 5.41) is 4.55. The fourth-order valence-electron chi connectivity index (χ4n) is 3.42. The third-order valence-corrected chi connectivity index (χ3v) is 5.74. The molecule has 0 aromatic heterocycles. The molecule has 17 heavy (non-hydrogen) atoms. The van der Waals surface area contributed by atoms with E-state index in [0.717, 1.165) is 23.4 Å². The van der Waals surface area contributed by atoms with Crippen LogP contribution in [0.25, 0.3) is 0 Å². The second-order valence-electron chi connectivity index (χ2n) is 5.69. The summed E-state index contributed by atoms with van der Waals surface area (Å²) in [4.78, 5) is 2.81. The molecule has 0 aromatic rings. The molecule has 0 spiro atoms. The van der Waals surface area contributed by atoms with E-state index in [1.807, 2.05) is 0 Å². The lowest BCUT2D eigenvalue weighted by Crippen LogP contribution is -2.60. The van der Waals surface area contributed by atoms with E-state index >= 15 is 0 Å². The van der Waals surface area contributed by atoms with Crippen molar-refractivity contribution >= 4 is 11.8 Å². The Balaban J connectivity index is 2.01. The van der Waals surface area contributed by atoms with Gasteiger partial charge in [-0.3, -0.25) is 4.90 Å². The predicted octanol–water partition coefficient (Wildman–Crippen LogP) is 2.73. The van der Waals surface area contributed by atoms with Crippen molar-refractivity contribution in [2.75, 3.05) is 19.3 Å². The van der Waals surface area contributed by atoms with E-state index in [9.17, 15) is 0 Å². The zero-order valence-corrected chi connectivity index (χ0v) is 12.4. The monoisotopic (exact) mass is 256 g/mol. The molecule has 1 heterocycles. The van der Waals surface area contributed by atoms with Crippen LogP contribution < -0.4 is 5.32 Å². The first-order chi connectivity index (χ1) is 8.26. The standard InChI is InChI=1S/C14H28N2S/c1-4-12-10-16(11(2)9-15-12)13-7-5-6-8-14(13)17-3/h11-15H,4-10H2,1-3H3. The molecule has 0 bridgehead atoms. The lowest BCUT2D eigenvalue weighted by atomic mass is 9.91. The molecule has 100 valence electrons. The van der Waals surface area contributed by atoms with E-state index in [0.29, 0.717) is 0 Å². The number of piperazine rings is 1. The number of hydrogen-bond donors (Lipinski definition) is 1. The minimum absolute atomic E-state index is 0.718. The van der Waals surface area contributed by atoms with Gasteiger partial charge in [0.2, 0.25) is 0 Å². The number of nitrogens with zero attached hydrogens (tertiary/aromatic N) is 1. The number of rotatable bonds is 3. The molecule has 0 amide bonds. The third kappa shape index (κ3) is 3.18. The largest absolute Gasteiger partial charge is 0.311 e. The molecule has 0 radical (unpaired) electrons. The Bertz CT molecular complexity index is 234. The van der Waals surface area contributed by atoms with Crippen molar-refractivity contribution in [3.63, 3.8) is 0 Å². The highest BCUT2D eigenvalue weighted by Crippen LogP contribution is 2.32. The van der Waals surface area contributed by atoms with Crippen LogP contribution in [0.15, 0.2) is 0 Å². The summed E-state index contributed by atoms with van der Waals surface area (Å²) in [6.45, 7) is 7.14. The van der Waals surface area contributed by atoms with Gasteiger partial charge in [0.25, 0.3) is 0 Å². The molecule has 3 heteroatoms. The van der Waals surface area contributed by atoms with Crippen LogP contribution in [-0.4, -0.2) is 47.6 Å². The van der Waals surface area contributed by atoms with Gasteiger partial charge in [-0.05, 0) is 32.4 Å². The Labute approximate surface area is 111 Å². The molecule has 2 aliphatic rings. The van der Waals surface area contributed by atoms with Crippen LogP contribution in [0.2, 0.25) is 0 Å². The normalized spacial score (nSPS) is 40.4. The average Bonchev–Trinajstić information content (AvgIpc) is 2.39. The zero-order chi connectivity index (χ0) is 12.3. The minimum Gasteiger partial charge on any atom is -0.311 e. The van der Waals surface area contributed by atoms with Crippen LogP contribution in [0.5, 0.6) is 0 Å².